The average Bonchev–Trinajstić information content (AvgIpc) is 3.20. The highest BCUT2D eigenvalue weighted by Gasteiger charge is 2.25. The highest BCUT2D eigenvalue weighted by molar-refractivity contribution is 7.90. The molecule has 0 aliphatic rings. The first-order valence-corrected chi connectivity index (χ1v) is 24.3. The van der Waals surface area contributed by atoms with Gasteiger partial charge in [0.15, 0.2) is 9.84 Å². The van der Waals surface area contributed by atoms with E-state index in [0.717, 1.165) is 105 Å². The van der Waals surface area contributed by atoms with Crippen molar-refractivity contribution in [1.82, 2.24) is 0 Å². The number of hydrogen-bond donors (Lipinski definition) is 0. The zero-order valence-electron chi connectivity index (χ0n) is 35.4. The van der Waals surface area contributed by atoms with Crippen molar-refractivity contribution < 1.29 is 22.0 Å². The van der Waals surface area contributed by atoms with Gasteiger partial charge in [0, 0.05) is 0 Å². The molecule has 6 aromatic rings. The predicted molar refractivity (Wildman–Crippen MR) is 244 cm³/mol. The molecule has 6 aromatic carbocycles. The van der Waals surface area contributed by atoms with E-state index in [9.17, 15) is 8.42 Å². The van der Waals surface area contributed by atoms with E-state index < -0.39 is 18.4 Å². The quantitative estimate of drug-likeness (QED) is 0.0677. The topological polar surface area (TPSA) is 61.8 Å². The Hall–Kier alpha value is -4.38. The minimum atomic E-state index is -3.57. The van der Waals surface area contributed by atoms with Crippen LogP contribution in [0.25, 0.3) is 21.5 Å². The molecule has 0 fully saturated rings. The molecule has 0 saturated heterocycles. The van der Waals surface area contributed by atoms with Crippen LogP contribution in [0.5, 0.6) is 17.2 Å². The maximum Gasteiger partial charge on any atom is 0.530 e. The Morgan fingerprint density at radius 2 is 0.897 bits per heavy atom. The largest absolute Gasteiger partial charge is 0.530 e. The van der Waals surface area contributed by atoms with Gasteiger partial charge in [0.1, 0.15) is 17.2 Å². The Labute approximate surface area is 349 Å². The zero-order valence-corrected chi connectivity index (χ0v) is 37.1. The molecular weight excluding hydrogens is 756 g/mol. The maximum atomic E-state index is 13.4. The van der Waals surface area contributed by atoms with E-state index in [4.69, 9.17) is 13.6 Å². The van der Waals surface area contributed by atoms with E-state index in [0.29, 0.717) is 5.75 Å². The Morgan fingerprint density at radius 1 is 0.448 bits per heavy atom. The molecule has 0 N–H and O–H groups in total. The maximum absolute atomic E-state index is 13.4. The molecule has 0 atom stereocenters. The van der Waals surface area contributed by atoms with Gasteiger partial charge in [0.25, 0.3) is 0 Å². The van der Waals surface area contributed by atoms with E-state index >= 15 is 0 Å². The third-order valence-electron chi connectivity index (χ3n) is 10.6. The Morgan fingerprint density at radius 3 is 1.34 bits per heavy atom. The molecule has 0 spiro atoms. The van der Waals surface area contributed by atoms with E-state index in [2.05, 4.69) is 90.1 Å². The van der Waals surface area contributed by atoms with Gasteiger partial charge in [-0.3, -0.25) is 0 Å². The van der Waals surface area contributed by atoms with Crippen molar-refractivity contribution >= 4 is 40.0 Å². The minimum absolute atomic E-state index is 0.0722. The summed E-state index contributed by atoms with van der Waals surface area (Å²) in [6.45, 7) is 13.3. The summed E-state index contributed by atoms with van der Waals surface area (Å²) in [6.07, 6.45) is 12.0. The summed E-state index contributed by atoms with van der Waals surface area (Å²) in [7, 11) is -5.61. The fourth-order valence-corrected chi connectivity index (χ4v) is 10.4. The van der Waals surface area contributed by atoms with Crippen LogP contribution in [-0.2, 0) is 54.1 Å². The molecule has 0 aromatic heterocycles. The number of sulfone groups is 1. The molecule has 0 saturated carbocycles. The molecule has 0 aliphatic carbocycles. The van der Waals surface area contributed by atoms with Crippen molar-refractivity contribution in [3.8, 4) is 17.2 Å². The van der Waals surface area contributed by atoms with Crippen LogP contribution in [-0.4, -0.2) is 8.42 Å². The van der Waals surface area contributed by atoms with Gasteiger partial charge in [-0.25, -0.2) is 8.42 Å². The lowest BCUT2D eigenvalue weighted by molar-refractivity contribution is 0.385. The second-order valence-electron chi connectivity index (χ2n) is 15.6. The summed E-state index contributed by atoms with van der Waals surface area (Å²) < 4.78 is 47.5. The Balaban J connectivity index is 1.43. The minimum Gasteiger partial charge on any atom is -0.409 e. The fourth-order valence-electron chi connectivity index (χ4n) is 7.97. The summed E-state index contributed by atoms with van der Waals surface area (Å²) in [5, 5.41) is 4.89. The number of fused-ring (bicyclic) bond motifs is 2. The third-order valence-corrected chi connectivity index (χ3v) is 13.4. The second kappa shape index (κ2) is 20.5. The molecule has 0 amide bonds. The van der Waals surface area contributed by atoms with Crippen molar-refractivity contribution in [1.29, 1.82) is 0 Å². The highest BCUT2D eigenvalue weighted by Crippen LogP contribution is 2.47. The molecule has 5 nitrogen and oxygen atoms in total. The predicted octanol–water partition coefficient (Wildman–Crippen LogP) is 14.4. The van der Waals surface area contributed by atoms with Crippen LogP contribution in [0.15, 0.2) is 108 Å². The van der Waals surface area contributed by atoms with Gasteiger partial charge in [0.05, 0.1) is 10.6 Å². The van der Waals surface area contributed by atoms with Gasteiger partial charge in [0.2, 0.25) is 0 Å². The van der Waals surface area contributed by atoms with Crippen molar-refractivity contribution in [2.45, 2.75) is 129 Å². The average molecular weight is 817 g/mol. The molecule has 6 rings (SSSR count). The van der Waals surface area contributed by atoms with Gasteiger partial charge >= 0.3 is 8.60 Å². The van der Waals surface area contributed by atoms with Crippen LogP contribution in [0.1, 0.15) is 119 Å². The third kappa shape index (κ3) is 10.8. The number of hydrogen-bond acceptors (Lipinski definition) is 5. The second-order valence-corrected chi connectivity index (χ2v) is 18.6. The normalized spacial score (nSPS) is 11.8. The Kier molecular flexibility index (Phi) is 15.3. The van der Waals surface area contributed by atoms with E-state index in [1.165, 1.54) is 43.8 Å². The first-order chi connectivity index (χ1) is 28.2. The van der Waals surface area contributed by atoms with Gasteiger partial charge in [-0.1, -0.05) is 135 Å². The molecule has 0 bridgehead atoms. The van der Waals surface area contributed by atoms with Crippen molar-refractivity contribution in [3.05, 3.63) is 142 Å². The van der Waals surface area contributed by atoms with Crippen LogP contribution in [0.3, 0.4) is 0 Å². The standard InChI is InChI=1S/C51H61O5PS/c1-7-16-38-28-40(18-9-3)48-34-50(42(20-11-5)32-44(48)30-38)55-57(54-46-24-26-47(27-25-46)58(52,53)36-37-22-14-13-15-23-37)56-51-35-49-41(19-10-4)29-39(17-8-2)31-45(49)33-43(51)21-12-6/h13-15,22-35H,7-12,16-21,36H2,1-6H3. The first kappa shape index (κ1) is 43.2. The monoisotopic (exact) mass is 816 g/mol. The summed E-state index contributed by atoms with van der Waals surface area (Å²) in [5.41, 5.74) is 8.41. The summed E-state index contributed by atoms with van der Waals surface area (Å²) in [6, 6.07) is 34.4. The van der Waals surface area contributed by atoms with Gasteiger partial charge in [-0.05, 0) is 148 Å². The number of aryl methyl sites for hydroxylation is 6. The molecule has 7 heteroatoms. The summed E-state index contributed by atoms with van der Waals surface area (Å²) in [4.78, 5) is 0.242. The molecule has 0 radical (unpaired) electrons. The lowest BCUT2D eigenvalue weighted by atomic mass is 9.94. The van der Waals surface area contributed by atoms with Crippen LogP contribution in [0, 0.1) is 0 Å². The smallest absolute Gasteiger partial charge is 0.409 e. The molecule has 58 heavy (non-hydrogen) atoms. The SMILES string of the molecule is CCCc1cc(CCC)c2cc(OP(Oc3ccc(S(=O)(=O)Cc4ccccc4)cc3)Oc3cc4c(CCC)cc(CCC)cc4cc3CCC)c(CCC)cc2c1. The highest BCUT2D eigenvalue weighted by atomic mass is 32.2. The van der Waals surface area contributed by atoms with Crippen LogP contribution >= 0.6 is 8.60 Å². The Bertz CT molecular complexity index is 2280. The van der Waals surface area contributed by atoms with E-state index in [1.54, 1.807) is 24.3 Å². The van der Waals surface area contributed by atoms with Crippen LogP contribution in [0.4, 0.5) is 0 Å². The molecule has 306 valence electrons. The summed E-state index contributed by atoms with van der Waals surface area (Å²) >= 11 is 0. The van der Waals surface area contributed by atoms with Gasteiger partial charge < -0.3 is 13.6 Å². The number of benzene rings is 6. The fraction of sp³-hybridized carbons (Fsp3) is 0.373. The molecule has 0 aliphatic heterocycles. The van der Waals surface area contributed by atoms with Gasteiger partial charge in [-0.2, -0.15) is 0 Å². The van der Waals surface area contributed by atoms with E-state index in [1.807, 2.05) is 30.3 Å². The molecule has 0 heterocycles. The first-order valence-electron chi connectivity index (χ1n) is 21.6. The number of rotatable bonds is 21. The van der Waals surface area contributed by atoms with Gasteiger partial charge in [-0.15, -0.1) is 0 Å². The molecular formula is C51H61O5PS. The van der Waals surface area contributed by atoms with Crippen LogP contribution in [0.2, 0.25) is 0 Å². The van der Waals surface area contributed by atoms with Crippen molar-refractivity contribution in [2.24, 2.45) is 0 Å². The van der Waals surface area contributed by atoms with Crippen molar-refractivity contribution in [2.75, 3.05) is 0 Å². The van der Waals surface area contributed by atoms with E-state index in [-0.39, 0.29) is 10.6 Å². The summed E-state index contributed by atoms with van der Waals surface area (Å²) in [5.74, 6) is 1.93. The lowest BCUT2D eigenvalue weighted by Crippen LogP contribution is -2.07. The molecule has 0 unspecified atom stereocenters. The van der Waals surface area contributed by atoms with Crippen LogP contribution < -0.4 is 13.6 Å². The lowest BCUT2D eigenvalue weighted by Gasteiger charge is -2.23. The van der Waals surface area contributed by atoms with Crippen molar-refractivity contribution in [3.63, 3.8) is 0 Å². The zero-order chi connectivity index (χ0) is 41.1.